The van der Waals surface area contributed by atoms with E-state index in [9.17, 15) is 13.2 Å². The van der Waals surface area contributed by atoms with Crippen LogP contribution in [0, 0.1) is 11.8 Å². The molecular weight excluding hydrogens is 446 g/mol. The van der Waals surface area contributed by atoms with Gasteiger partial charge >= 0.3 is 6.09 Å². The van der Waals surface area contributed by atoms with Crippen LogP contribution in [0.5, 0.6) is 5.75 Å². The molecule has 10 heteroatoms. The molecule has 3 fully saturated rings. The predicted molar refractivity (Wildman–Crippen MR) is 124 cm³/mol. The van der Waals surface area contributed by atoms with Crippen molar-refractivity contribution in [1.29, 1.82) is 0 Å². The molecule has 5 rings (SSSR count). The summed E-state index contributed by atoms with van der Waals surface area (Å²) in [6.45, 7) is 5.50. The van der Waals surface area contributed by atoms with Crippen LogP contribution in [0.1, 0.15) is 24.5 Å². The minimum absolute atomic E-state index is 0.0379. The van der Waals surface area contributed by atoms with Crippen LogP contribution in [-0.4, -0.2) is 67.5 Å². The second-order valence-corrected chi connectivity index (χ2v) is 10.1. The van der Waals surface area contributed by atoms with Crippen LogP contribution in [-0.2, 0) is 14.9 Å². The normalized spacial score (nSPS) is 25.4. The molecule has 3 aliphatic rings. The second-order valence-electron chi connectivity index (χ2n) is 8.57. The summed E-state index contributed by atoms with van der Waals surface area (Å²) in [7, 11) is -2.59. The highest BCUT2D eigenvalue weighted by Crippen LogP contribution is 2.43. The molecule has 178 valence electrons. The van der Waals surface area contributed by atoms with Crippen molar-refractivity contribution in [2.24, 2.45) is 11.8 Å². The highest BCUT2D eigenvalue weighted by Gasteiger charge is 2.44. The van der Waals surface area contributed by atoms with Gasteiger partial charge in [0, 0.05) is 30.2 Å². The summed E-state index contributed by atoms with van der Waals surface area (Å²) in [5.74, 6) is 0.966. The van der Waals surface area contributed by atoms with E-state index in [1.54, 1.807) is 13.3 Å². The first-order valence-electron chi connectivity index (χ1n) is 11.0. The Labute approximate surface area is 193 Å². The molecule has 3 aliphatic heterocycles. The Morgan fingerprint density at radius 3 is 2.91 bits per heavy atom. The maximum absolute atomic E-state index is 12.7. The van der Waals surface area contributed by atoms with Crippen molar-refractivity contribution in [2.75, 3.05) is 32.5 Å². The first-order chi connectivity index (χ1) is 15.8. The van der Waals surface area contributed by atoms with Gasteiger partial charge in [0.1, 0.15) is 11.9 Å². The highest BCUT2D eigenvalue weighted by atomic mass is 32.2. The van der Waals surface area contributed by atoms with Crippen LogP contribution in [0.15, 0.2) is 43.1 Å². The smallest absolute Gasteiger partial charge is 0.407 e. The van der Waals surface area contributed by atoms with Crippen LogP contribution in [0.3, 0.4) is 0 Å². The number of carbonyl (C=O) groups is 1. The topological polar surface area (TPSA) is 118 Å². The van der Waals surface area contributed by atoms with E-state index in [2.05, 4.69) is 21.8 Å². The van der Waals surface area contributed by atoms with Gasteiger partial charge in [0.2, 0.25) is 0 Å². The van der Waals surface area contributed by atoms with Gasteiger partial charge in [-0.15, -0.1) is 6.58 Å². The third-order valence-electron chi connectivity index (χ3n) is 6.66. The Morgan fingerprint density at radius 2 is 2.24 bits per heavy atom. The molecule has 3 saturated heterocycles. The molecule has 0 spiro atoms. The fourth-order valence-corrected chi connectivity index (χ4v) is 5.36. The third kappa shape index (κ3) is 5.29. The van der Waals surface area contributed by atoms with Crippen LogP contribution in [0.25, 0.3) is 10.9 Å². The first-order valence-corrected chi connectivity index (χ1v) is 12.6. The second kappa shape index (κ2) is 9.66. The lowest BCUT2D eigenvalue weighted by Crippen LogP contribution is -2.55. The molecule has 0 radical (unpaired) electrons. The lowest BCUT2D eigenvalue weighted by atomic mass is 9.73. The zero-order chi connectivity index (χ0) is 23.6. The summed E-state index contributed by atoms with van der Waals surface area (Å²) >= 11 is 0. The number of nitrogens with zero attached hydrogens (tertiary/aromatic N) is 2. The van der Waals surface area contributed by atoms with E-state index in [1.807, 2.05) is 30.3 Å². The summed E-state index contributed by atoms with van der Waals surface area (Å²) in [6.07, 6.45) is 4.30. The summed E-state index contributed by atoms with van der Waals surface area (Å²) in [5, 5.41) is 3.27. The van der Waals surface area contributed by atoms with Crippen LogP contribution < -0.4 is 10.1 Å². The van der Waals surface area contributed by atoms with Crippen molar-refractivity contribution in [1.82, 2.24) is 15.2 Å². The number of aromatic nitrogens is 1. The van der Waals surface area contributed by atoms with Gasteiger partial charge in [-0.1, -0.05) is 6.08 Å². The maximum atomic E-state index is 12.7. The Balaban J connectivity index is 1.66. The van der Waals surface area contributed by atoms with Crippen molar-refractivity contribution in [3.63, 3.8) is 0 Å². The summed E-state index contributed by atoms with van der Waals surface area (Å²) in [5.41, 5.74) is 1.57. The number of benzene rings is 1. The molecule has 3 unspecified atom stereocenters. The van der Waals surface area contributed by atoms with Gasteiger partial charge in [-0.25, -0.2) is 4.79 Å². The number of alkyl carbamates (subject to hydrolysis) is 1. The number of ether oxygens (including phenoxy) is 2. The van der Waals surface area contributed by atoms with Gasteiger partial charge in [0.05, 0.1) is 24.4 Å². The molecule has 4 heterocycles. The monoisotopic (exact) mass is 475 g/mol. The Bertz CT molecular complexity index is 1140. The molecule has 0 saturated carbocycles. The van der Waals surface area contributed by atoms with E-state index in [0.29, 0.717) is 17.6 Å². The summed E-state index contributed by atoms with van der Waals surface area (Å²) < 4.78 is 42.2. The van der Waals surface area contributed by atoms with Gasteiger partial charge < -0.3 is 14.8 Å². The minimum atomic E-state index is -4.18. The SMILES string of the molecule is C=CC1CN2CCC1C[C@@H]2[C@@H](OC(=O)NCCS(=O)(=O)O)c1ccnc2ccc(OC)cc12. The van der Waals surface area contributed by atoms with Crippen molar-refractivity contribution in [3.8, 4) is 5.75 Å². The molecule has 2 bridgehead atoms. The molecule has 33 heavy (non-hydrogen) atoms. The van der Waals surface area contributed by atoms with Crippen molar-refractivity contribution < 1.29 is 27.2 Å². The lowest BCUT2D eigenvalue weighted by molar-refractivity contribution is -0.0497. The minimum Gasteiger partial charge on any atom is -0.497 e. The molecular formula is C23H29N3O6S. The van der Waals surface area contributed by atoms with Crippen LogP contribution in [0.4, 0.5) is 4.79 Å². The molecule has 5 atom stereocenters. The summed E-state index contributed by atoms with van der Waals surface area (Å²) in [4.78, 5) is 19.4. The number of hydrogen-bond donors (Lipinski definition) is 2. The van der Waals surface area contributed by atoms with E-state index in [1.165, 1.54) is 0 Å². The number of pyridine rings is 1. The number of amides is 1. The molecule has 1 aromatic heterocycles. The van der Waals surface area contributed by atoms with Gasteiger partial charge in [0.25, 0.3) is 10.1 Å². The van der Waals surface area contributed by atoms with E-state index in [-0.39, 0.29) is 12.6 Å². The average molecular weight is 476 g/mol. The fraction of sp³-hybridized carbons (Fsp3) is 0.478. The Hall–Kier alpha value is -2.69. The number of nitrogens with one attached hydrogen (secondary N) is 1. The quantitative estimate of drug-likeness (QED) is 0.442. The summed E-state index contributed by atoms with van der Waals surface area (Å²) in [6, 6.07) is 7.39. The lowest BCUT2D eigenvalue weighted by Gasteiger charge is -2.51. The number of piperidine rings is 3. The zero-order valence-electron chi connectivity index (χ0n) is 18.5. The fourth-order valence-electron chi connectivity index (χ4n) is 5.00. The predicted octanol–water partition coefficient (Wildman–Crippen LogP) is 2.79. The van der Waals surface area contributed by atoms with E-state index < -0.39 is 28.1 Å². The van der Waals surface area contributed by atoms with Gasteiger partial charge in [-0.05, 0) is 55.5 Å². The van der Waals surface area contributed by atoms with E-state index >= 15 is 0 Å². The molecule has 2 aromatic rings. The number of carbonyl (C=O) groups excluding carboxylic acids is 1. The zero-order valence-corrected chi connectivity index (χ0v) is 19.3. The molecule has 1 amide bonds. The Morgan fingerprint density at radius 1 is 1.42 bits per heavy atom. The molecule has 2 N–H and O–H groups in total. The molecule has 9 nitrogen and oxygen atoms in total. The van der Waals surface area contributed by atoms with Gasteiger partial charge in [-0.3, -0.25) is 14.4 Å². The average Bonchev–Trinajstić information content (AvgIpc) is 2.81. The van der Waals surface area contributed by atoms with Crippen molar-refractivity contribution in [2.45, 2.75) is 25.0 Å². The largest absolute Gasteiger partial charge is 0.497 e. The number of fused-ring (bicyclic) bond motifs is 4. The van der Waals surface area contributed by atoms with Crippen LogP contribution >= 0.6 is 0 Å². The van der Waals surface area contributed by atoms with Crippen molar-refractivity contribution in [3.05, 3.63) is 48.7 Å². The number of rotatable bonds is 8. The first kappa shape index (κ1) is 23.5. The van der Waals surface area contributed by atoms with Crippen LogP contribution in [0.2, 0.25) is 0 Å². The highest BCUT2D eigenvalue weighted by molar-refractivity contribution is 7.85. The number of hydrogen-bond acceptors (Lipinski definition) is 7. The van der Waals surface area contributed by atoms with Crippen molar-refractivity contribution >= 4 is 27.1 Å². The van der Waals surface area contributed by atoms with Gasteiger partial charge in [0.15, 0.2) is 0 Å². The maximum Gasteiger partial charge on any atom is 0.407 e. The number of methoxy groups -OCH3 is 1. The van der Waals surface area contributed by atoms with E-state index in [0.717, 1.165) is 42.4 Å². The standard InChI is InChI=1S/C23H29N3O6S/c1-3-15-14-26-10-7-16(15)12-21(26)22(32-23(27)25-9-11-33(28,29)30)18-6-8-24-20-5-4-17(31-2)13-19(18)20/h3-6,8,13,15-16,21-22H,1,7,9-12,14H2,2H3,(H,25,27)(H,28,29,30)/t15?,16?,21-,22+/m1/s1. The molecule has 0 aliphatic carbocycles. The molecule has 1 aromatic carbocycles. The van der Waals surface area contributed by atoms with Gasteiger partial charge in [-0.2, -0.15) is 8.42 Å². The third-order valence-corrected chi connectivity index (χ3v) is 7.38. The Kier molecular flexibility index (Phi) is 6.87. The van der Waals surface area contributed by atoms with E-state index in [4.69, 9.17) is 14.0 Å².